The van der Waals surface area contributed by atoms with Crippen LogP contribution in [0.4, 0.5) is 0 Å². The quantitative estimate of drug-likeness (QED) is 0.684. The number of aryl methyl sites for hydroxylation is 2. The van der Waals surface area contributed by atoms with Crippen molar-refractivity contribution in [3.8, 4) is 11.6 Å². The zero-order chi connectivity index (χ0) is 21.6. The number of nitrogens with one attached hydrogen (secondary N) is 1. The molecule has 1 aliphatic heterocycles. The predicted octanol–water partition coefficient (Wildman–Crippen LogP) is 2.34. The number of fused-ring (bicyclic) bond motifs is 1. The molecule has 7 heteroatoms. The number of hydrogen-bond acceptors (Lipinski definition) is 4. The van der Waals surface area contributed by atoms with E-state index in [-0.39, 0.29) is 11.5 Å². The first-order chi connectivity index (χ1) is 14.3. The molecule has 2 N–H and O–H groups in total. The van der Waals surface area contributed by atoms with Gasteiger partial charge in [-0.05, 0) is 54.7 Å². The van der Waals surface area contributed by atoms with Crippen LogP contribution in [0.15, 0.2) is 52.1 Å². The summed E-state index contributed by atoms with van der Waals surface area (Å²) in [6, 6.07) is 12.1. The molecular formula is C23H23N3O4. The molecule has 0 saturated carbocycles. The molecular weight excluding hydrogens is 382 g/mol. The van der Waals surface area contributed by atoms with E-state index in [2.05, 4.69) is 4.98 Å². The number of rotatable bonds is 2. The third-order valence-electron chi connectivity index (χ3n) is 5.83. The van der Waals surface area contributed by atoms with E-state index in [1.807, 2.05) is 44.2 Å². The second-order valence-electron chi connectivity index (χ2n) is 7.66. The molecule has 1 aliphatic rings. The first kappa shape index (κ1) is 19.7. The van der Waals surface area contributed by atoms with Crippen molar-refractivity contribution in [1.82, 2.24) is 14.5 Å². The fraction of sp³-hybridized carbons (Fsp3) is 0.261. The van der Waals surface area contributed by atoms with Gasteiger partial charge in [0.25, 0.3) is 5.56 Å². The van der Waals surface area contributed by atoms with Crippen LogP contribution in [-0.2, 0) is 11.2 Å². The van der Waals surface area contributed by atoms with E-state index in [4.69, 9.17) is 0 Å². The van der Waals surface area contributed by atoms with Crippen LogP contribution in [-0.4, -0.2) is 32.0 Å². The van der Waals surface area contributed by atoms with Gasteiger partial charge in [-0.2, -0.15) is 0 Å². The summed E-state index contributed by atoms with van der Waals surface area (Å²) in [7, 11) is 0. The van der Waals surface area contributed by atoms with Gasteiger partial charge in [0, 0.05) is 13.5 Å². The van der Waals surface area contributed by atoms with Gasteiger partial charge >= 0.3 is 5.69 Å². The van der Waals surface area contributed by atoms with Crippen molar-refractivity contribution >= 4 is 5.91 Å². The summed E-state index contributed by atoms with van der Waals surface area (Å²) in [4.78, 5) is 41.8. The van der Waals surface area contributed by atoms with Crippen molar-refractivity contribution in [1.29, 1.82) is 0 Å². The largest absolute Gasteiger partial charge is 0.494 e. The molecule has 4 rings (SSSR count). The first-order valence-corrected chi connectivity index (χ1v) is 9.80. The Morgan fingerprint density at radius 2 is 1.83 bits per heavy atom. The van der Waals surface area contributed by atoms with Gasteiger partial charge in [-0.3, -0.25) is 14.6 Å². The van der Waals surface area contributed by atoms with Gasteiger partial charge in [-0.25, -0.2) is 9.36 Å². The maximum atomic E-state index is 12.9. The van der Waals surface area contributed by atoms with Gasteiger partial charge in [0.1, 0.15) is 5.56 Å². The summed E-state index contributed by atoms with van der Waals surface area (Å²) in [5.41, 5.74) is 2.74. The lowest BCUT2D eigenvalue weighted by Crippen LogP contribution is -2.43. The average molecular weight is 405 g/mol. The van der Waals surface area contributed by atoms with Crippen molar-refractivity contribution in [3.63, 3.8) is 0 Å². The van der Waals surface area contributed by atoms with Gasteiger partial charge in [0.15, 0.2) is 0 Å². The number of aromatic hydroxyl groups is 1. The Bertz CT molecular complexity index is 1270. The van der Waals surface area contributed by atoms with Crippen LogP contribution in [0.1, 0.15) is 40.8 Å². The van der Waals surface area contributed by atoms with Crippen molar-refractivity contribution in [2.45, 2.75) is 33.2 Å². The Morgan fingerprint density at radius 3 is 2.53 bits per heavy atom. The molecule has 2 heterocycles. The van der Waals surface area contributed by atoms with Crippen LogP contribution in [0.25, 0.3) is 5.69 Å². The number of amides is 1. The molecule has 0 fully saturated rings. The Labute approximate surface area is 173 Å². The Hall–Kier alpha value is -3.61. The summed E-state index contributed by atoms with van der Waals surface area (Å²) in [6.45, 7) is 5.70. The van der Waals surface area contributed by atoms with Crippen molar-refractivity contribution in [3.05, 3.63) is 91.1 Å². The van der Waals surface area contributed by atoms with E-state index >= 15 is 0 Å². The fourth-order valence-corrected chi connectivity index (χ4v) is 4.11. The summed E-state index contributed by atoms with van der Waals surface area (Å²) < 4.78 is 1.08. The number of hydrogen-bond donors (Lipinski definition) is 2. The van der Waals surface area contributed by atoms with E-state index in [9.17, 15) is 19.5 Å². The van der Waals surface area contributed by atoms with Crippen molar-refractivity contribution in [2.75, 3.05) is 6.54 Å². The van der Waals surface area contributed by atoms with E-state index in [1.54, 1.807) is 17.0 Å². The monoisotopic (exact) mass is 405 g/mol. The highest BCUT2D eigenvalue weighted by molar-refractivity contribution is 5.75. The number of carbonyl (C=O) groups excluding carboxylic acids is 1. The summed E-state index contributed by atoms with van der Waals surface area (Å²) in [6.07, 6.45) is 0.654. The molecule has 0 saturated heterocycles. The third kappa shape index (κ3) is 3.12. The molecule has 0 bridgehead atoms. The molecule has 1 atom stereocenters. The smallest absolute Gasteiger partial charge is 0.335 e. The zero-order valence-corrected chi connectivity index (χ0v) is 17.1. The number of aromatic nitrogens is 2. The minimum atomic E-state index is -0.783. The summed E-state index contributed by atoms with van der Waals surface area (Å²) in [5.74, 6) is -0.669. The maximum absolute atomic E-state index is 12.9. The number of carbonyl (C=O) groups is 1. The highest BCUT2D eigenvalue weighted by Gasteiger charge is 2.35. The van der Waals surface area contributed by atoms with Crippen LogP contribution < -0.4 is 11.2 Å². The molecule has 0 spiro atoms. The Morgan fingerprint density at radius 1 is 1.10 bits per heavy atom. The second-order valence-corrected chi connectivity index (χ2v) is 7.66. The molecule has 1 amide bonds. The van der Waals surface area contributed by atoms with Gasteiger partial charge in [0.05, 0.1) is 11.7 Å². The number of aromatic amines is 1. The fourth-order valence-electron chi connectivity index (χ4n) is 4.11. The lowest BCUT2D eigenvalue weighted by atomic mass is 9.88. The molecule has 1 aromatic heterocycles. The molecule has 0 radical (unpaired) electrons. The van der Waals surface area contributed by atoms with Crippen LogP contribution in [0, 0.1) is 13.8 Å². The van der Waals surface area contributed by atoms with Crippen LogP contribution in [0.3, 0.4) is 0 Å². The molecule has 0 unspecified atom stereocenters. The minimum absolute atomic E-state index is 0.0184. The van der Waals surface area contributed by atoms with E-state index in [0.29, 0.717) is 18.7 Å². The highest BCUT2D eigenvalue weighted by Crippen LogP contribution is 2.37. The van der Waals surface area contributed by atoms with E-state index < -0.39 is 23.2 Å². The number of nitrogens with zero attached hydrogens (tertiary/aromatic N) is 2. The van der Waals surface area contributed by atoms with Gasteiger partial charge in [-0.1, -0.05) is 30.3 Å². The minimum Gasteiger partial charge on any atom is -0.494 e. The highest BCUT2D eigenvalue weighted by atomic mass is 16.3. The molecule has 154 valence electrons. The lowest BCUT2D eigenvalue weighted by Gasteiger charge is -2.36. The molecule has 0 aliphatic carbocycles. The summed E-state index contributed by atoms with van der Waals surface area (Å²) in [5, 5.41) is 11.1. The SMILES string of the molecule is CC(=O)N1CCc2ccccc2[C@@H]1c1c(O)n(-c2ccc(C)c(C)c2)c(=O)[nH]c1=O. The predicted molar refractivity (Wildman–Crippen MR) is 113 cm³/mol. The number of benzene rings is 2. The zero-order valence-electron chi connectivity index (χ0n) is 17.1. The molecule has 3 aromatic rings. The first-order valence-electron chi connectivity index (χ1n) is 9.80. The van der Waals surface area contributed by atoms with Crippen LogP contribution in [0.2, 0.25) is 0 Å². The van der Waals surface area contributed by atoms with Gasteiger partial charge in [-0.15, -0.1) is 0 Å². The summed E-state index contributed by atoms with van der Waals surface area (Å²) >= 11 is 0. The van der Waals surface area contributed by atoms with E-state index in [1.165, 1.54) is 6.92 Å². The standard InChI is InChI=1S/C23H23N3O4/c1-13-8-9-17(12-14(13)2)26-22(29)19(21(28)24-23(26)30)20-18-7-5-4-6-16(18)10-11-25(20)15(3)27/h4-9,12,20,29H,10-11H2,1-3H3,(H,24,28,30)/t20-/m1/s1. The Balaban J connectivity index is 2.01. The van der Waals surface area contributed by atoms with Crippen molar-refractivity contribution in [2.24, 2.45) is 0 Å². The topological polar surface area (TPSA) is 95.4 Å². The average Bonchev–Trinajstić information content (AvgIpc) is 2.70. The number of H-pyrrole nitrogens is 1. The van der Waals surface area contributed by atoms with Gasteiger partial charge in [0.2, 0.25) is 11.8 Å². The van der Waals surface area contributed by atoms with Gasteiger partial charge < -0.3 is 10.0 Å². The normalized spacial score (nSPS) is 15.7. The molecule has 7 nitrogen and oxygen atoms in total. The van der Waals surface area contributed by atoms with Crippen molar-refractivity contribution < 1.29 is 9.90 Å². The third-order valence-corrected chi connectivity index (χ3v) is 5.83. The second kappa shape index (κ2) is 7.33. The van der Waals surface area contributed by atoms with Crippen LogP contribution >= 0.6 is 0 Å². The maximum Gasteiger partial charge on any atom is 0.335 e. The lowest BCUT2D eigenvalue weighted by molar-refractivity contribution is -0.130. The van der Waals surface area contributed by atoms with E-state index in [0.717, 1.165) is 26.8 Å². The molecule has 30 heavy (non-hydrogen) atoms. The molecule has 2 aromatic carbocycles. The van der Waals surface area contributed by atoms with Crippen LogP contribution in [0.5, 0.6) is 5.88 Å². The Kier molecular flexibility index (Phi) is 4.81.